The Morgan fingerprint density at radius 1 is 1.06 bits per heavy atom. The molecule has 1 aliphatic rings. The molecule has 1 saturated heterocycles. The van der Waals surface area contributed by atoms with Crippen LogP contribution in [0.25, 0.3) is 21.9 Å². The van der Waals surface area contributed by atoms with Crippen LogP contribution in [0.2, 0.25) is 0 Å². The average Bonchev–Trinajstić information content (AvgIpc) is 3.28. The highest BCUT2D eigenvalue weighted by molar-refractivity contribution is 6.03. The molecule has 0 aliphatic carbocycles. The zero-order valence-electron chi connectivity index (χ0n) is 20.0. The molecule has 1 aliphatic heterocycles. The summed E-state index contributed by atoms with van der Waals surface area (Å²) in [5, 5.41) is 11.7. The number of benzene rings is 3. The normalized spacial score (nSPS) is 16.3. The summed E-state index contributed by atoms with van der Waals surface area (Å²) in [5.74, 6) is 0.579. The van der Waals surface area contributed by atoms with Crippen LogP contribution in [0.1, 0.15) is 30.9 Å². The molecule has 4 aromatic rings. The van der Waals surface area contributed by atoms with Gasteiger partial charge in [-0.05, 0) is 79.4 Å². The van der Waals surface area contributed by atoms with E-state index >= 15 is 0 Å². The van der Waals surface area contributed by atoms with Crippen molar-refractivity contribution >= 4 is 22.7 Å². The van der Waals surface area contributed by atoms with Gasteiger partial charge >= 0.3 is 0 Å². The van der Waals surface area contributed by atoms with Crippen molar-refractivity contribution in [3.05, 3.63) is 88.2 Å². The van der Waals surface area contributed by atoms with Gasteiger partial charge < -0.3 is 9.84 Å². The Balaban J connectivity index is 1.45. The molecular weight excluding hydrogens is 438 g/mol. The first-order valence-corrected chi connectivity index (χ1v) is 11.9. The highest BCUT2D eigenvalue weighted by Crippen LogP contribution is 2.29. The molecule has 3 aromatic carbocycles. The fourth-order valence-electron chi connectivity index (χ4n) is 4.72. The van der Waals surface area contributed by atoms with Crippen LogP contribution < -0.4 is 10.3 Å². The number of nitrogens with one attached hydrogen (secondary N) is 1. The van der Waals surface area contributed by atoms with E-state index in [0.29, 0.717) is 22.4 Å². The van der Waals surface area contributed by atoms with Crippen molar-refractivity contribution in [2.24, 2.45) is 4.99 Å². The topological polar surface area (TPSA) is 77.9 Å². The summed E-state index contributed by atoms with van der Waals surface area (Å²) >= 11 is 0. The summed E-state index contributed by atoms with van der Waals surface area (Å²) in [6.45, 7) is 4.38. The molecule has 0 bridgehead atoms. The van der Waals surface area contributed by atoms with Crippen molar-refractivity contribution in [3.63, 3.8) is 0 Å². The third kappa shape index (κ3) is 4.84. The van der Waals surface area contributed by atoms with Crippen molar-refractivity contribution in [2.45, 2.75) is 32.4 Å². The maximum absolute atomic E-state index is 12.5. The molecule has 2 N–H and O–H groups in total. The van der Waals surface area contributed by atoms with E-state index in [9.17, 15) is 9.90 Å². The first-order chi connectivity index (χ1) is 17.0. The second kappa shape index (κ2) is 9.76. The Hall–Kier alpha value is -3.90. The summed E-state index contributed by atoms with van der Waals surface area (Å²) < 4.78 is 5.25. The minimum absolute atomic E-state index is 0.197. The summed E-state index contributed by atoms with van der Waals surface area (Å²) in [6, 6.07) is 22.1. The van der Waals surface area contributed by atoms with E-state index in [1.165, 1.54) is 18.4 Å². The number of pyridine rings is 1. The number of likely N-dealkylation sites (tertiary alicyclic amines) is 1. The third-order valence-corrected chi connectivity index (χ3v) is 6.82. The monoisotopic (exact) mass is 467 g/mol. The molecule has 1 fully saturated rings. The lowest BCUT2D eigenvalue weighted by atomic mass is 9.99. The lowest BCUT2D eigenvalue weighted by molar-refractivity contribution is 0.260. The van der Waals surface area contributed by atoms with E-state index in [1.54, 1.807) is 19.4 Å². The Morgan fingerprint density at radius 2 is 1.80 bits per heavy atom. The van der Waals surface area contributed by atoms with Crippen molar-refractivity contribution in [1.29, 1.82) is 0 Å². The molecule has 0 amide bonds. The molecular formula is C29H29N3O3. The average molecular weight is 468 g/mol. The number of rotatable bonds is 6. The number of aliphatic imine (C=N–C) groups is 1. The van der Waals surface area contributed by atoms with Crippen LogP contribution in [-0.4, -0.2) is 40.9 Å². The zero-order valence-corrected chi connectivity index (χ0v) is 20.0. The fraction of sp³-hybridized carbons (Fsp3) is 0.241. The number of aromatic hydroxyl groups is 1. The lowest BCUT2D eigenvalue weighted by Gasteiger charge is -2.20. The number of nitrogens with zero attached hydrogens (tertiary/aromatic N) is 2. The van der Waals surface area contributed by atoms with Crippen LogP contribution in [0.5, 0.6) is 11.6 Å². The maximum atomic E-state index is 12.5. The summed E-state index contributed by atoms with van der Waals surface area (Å²) in [6.07, 6.45) is 4.14. The summed E-state index contributed by atoms with van der Waals surface area (Å²) in [5.41, 5.74) is 4.10. The van der Waals surface area contributed by atoms with E-state index in [1.807, 2.05) is 48.5 Å². The zero-order chi connectivity index (χ0) is 24.4. The molecule has 1 atom stereocenters. The number of H-pyrrole nitrogens is 1. The number of fused-ring (bicyclic) bond motifs is 1. The van der Waals surface area contributed by atoms with Crippen LogP contribution in [0.3, 0.4) is 0 Å². The van der Waals surface area contributed by atoms with Crippen molar-refractivity contribution in [1.82, 2.24) is 9.88 Å². The van der Waals surface area contributed by atoms with Gasteiger partial charge in [-0.15, -0.1) is 0 Å². The van der Waals surface area contributed by atoms with E-state index < -0.39 is 0 Å². The fourth-order valence-corrected chi connectivity index (χ4v) is 4.72. The molecule has 6 heteroatoms. The van der Waals surface area contributed by atoms with E-state index in [2.05, 4.69) is 33.9 Å². The number of methoxy groups -OCH3 is 1. The van der Waals surface area contributed by atoms with E-state index in [4.69, 9.17) is 4.74 Å². The number of aromatic nitrogens is 1. The SMILES string of the molecule is COc1ccc(-c2ccc3c(=O)[nH]c(O)c(C=Nc4ccc(CN5CCCC5C)cc4)c3c2)cc1. The van der Waals surface area contributed by atoms with Gasteiger partial charge in [-0.3, -0.25) is 19.7 Å². The van der Waals surface area contributed by atoms with Gasteiger partial charge in [0.1, 0.15) is 5.75 Å². The van der Waals surface area contributed by atoms with Gasteiger partial charge in [-0.25, -0.2) is 0 Å². The molecule has 0 saturated carbocycles. The van der Waals surface area contributed by atoms with Gasteiger partial charge in [0.25, 0.3) is 5.56 Å². The van der Waals surface area contributed by atoms with Crippen molar-refractivity contribution in [2.75, 3.05) is 13.7 Å². The Bertz CT molecular complexity index is 1420. The number of hydrogen-bond acceptors (Lipinski definition) is 5. The van der Waals surface area contributed by atoms with Crippen molar-refractivity contribution < 1.29 is 9.84 Å². The van der Waals surface area contributed by atoms with Gasteiger partial charge in [0.15, 0.2) is 0 Å². The molecule has 1 aromatic heterocycles. The lowest BCUT2D eigenvalue weighted by Crippen LogP contribution is -2.26. The first-order valence-electron chi connectivity index (χ1n) is 11.9. The van der Waals surface area contributed by atoms with Crippen LogP contribution in [0, 0.1) is 0 Å². The summed E-state index contributed by atoms with van der Waals surface area (Å²) in [4.78, 5) is 22.1. The second-order valence-corrected chi connectivity index (χ2v) is 9.09. The highest BCUT2D eigenvalue weighted by atomic mass is 16.5. The van der Waals surface area contributed by atoms with Gasteiger partial charge in [0.05, 0.1) is 18.4 Å². The molecule has 2 heterocycles. The maximum Gasteiger partial charge on any atom is 0.258 e. The molecule has 1 unspecified atom stereocenters. The molecule has 0 radical (unpaired) electrons. The van der Waals surface area contributed by atoms with Crippen LogP contribution >= 0.6 is 0 Å². The number of ether oxygens (including phenoxy) is 1. The minimum Gasteiger partial charge on any atom is -0.497 e. The third-order valence-electron chi connectivity index (χ3n) is 6.82. The van der Waals surface area contributed by atoms with Crippen LogP contribution in [0.15, 0.2) is 76.5 Å². The predicted molar refractivity (Wildman–Crippen MR) is 141 cm³/mol. The van der Waals surface area contributed by atoms with Crippen LogP contribution in [0.4, 0.5) is 5.69 Å². The van der Waals surface area contributed by atoms with Gasteiger partial charge in [0, 0.05) is 29.6 Å². The molecule has 5 rings (SSSR count). The second-order valence-electron chi connectivity index (χ2n) is 9.09. The molecule has 178 valence electrons. The van der Waals surface area contributed by atoms with Crippen molar-refractivity contribution in [3.8, 4) is 22.8 Å². The largest absolute Gasteiger partial charge is 0.497 e. The molecule has 35 heavy (non-hydrogen) atoms. The van der Waals surface area contributed by atoms with E-state index in [0.717, 1.165) is 35.7 Å². The van der Waals surface area contributed by atoms with Gasteiger partial charge in [-0.1, -0.05) is 30.3 Å². The smallest absolute Gasteiger partial charge is 0.258 e. The first kappa shape index (κ1) is 22.9. The molecule has 0 spiro atoms. The minimum atomic E-state index is -0.337. The predicted octanol–water partition coefficient (Wildman–Crippen LogP) is 5.64. The standard InChI is InChI=1S/C29H29N3O3/c1-19-4-3-15-32(19)18-20-5-10-23(11-6-20)30-17-27-26-16-22(21-7-12-24(35-2)13-8-21)9-14-25(26)28(33)31-29(27)34/h5-14,16-17,19H,3-4,15,18H2,1-2H3,(H2,31,33,34). The van der Waals surface area contributed by atoms with E-state index in [-0.39, 0.29) is 11.4 Å². The quantitative estimate of drug-likeness (QED) is 0.360. The summed E-state index contributed by atoms with van der Waals surface area (Å²) in [7, 11) is 1.63. The highest BCUT2D eigenvalue weighted by Gasteiger charge is 2.19. The Morgan fingerprint density at radius 3 is 2.49 bits per heavy atom. The number of aromatic amines is 1. The van der Waals surface area contributed by atoms with Crippen LogP contribution in [-0.2, 0) is 6.54 Å². The molecule has 6 nitrogen and oxygen atoms in total. The Labute approximate surface area is 204 Å². The Kier molecular flexibility index (Phi) is 6.38. The van der Waals surface area contributed by atoms with Gasteiger partial charge in [0.2, 0.25) is 5.88 Å². The number of hydrogen-bond donors (Lipinski definition) is 2. The van der Waals surface area contributed by atoms with Gasteiger partial charge in [-0.2, -0.15) is 0 Å².